The van der Waals surface area contributed by atoms with Crippen LogP contribution < -0.4 is 15.5 Å². The van der Waals surface area contributed by atoms with E-state index in [2.05, 4.69) is 48.4 Å². The van der Waals surface area contributed by atoms with Crippen molar-refractivity contribution in [2.75, 3.05) is 43.1 Å². The molecular weight excluding hydrogens is 314 g/mol. The largest absolute Gasteiger partial charge is 0.381 e. The molecule has 0 saturated carbocycles. The minimum absolute atomic E-state index is 0.164. The van der Waals surface area contributed by atoms with Gasteiger partial charge in [-0.3, -0.25) is 0 Å². The first-order chi connectivity index (χ1) is 12.0. The first-order valence-electron chi connectivity index (χ1n) is 9.52. The van der Waals surface area contributed by atoms with Gasteiger partial charge in [0.2, 0.25) is 0 Å². The minimum Gasteiger partial charge on any atom is -0.381 e. The highest BCUT2D eigenvalue weighted by Crippen LogP contribution is 2.24. The number of anilines is 2. The van der Waals surface area contributed by atoms with E-state index in [1.54, 1.807) is 0 Å². The van der Waals surface area contributed by atoms with Gasteiger partial charge in [-0.15, -0.1) is 0 Å². The zero-order valence-electron chi connectivity index (χ0n) is 15.9. The lowest BCUT2D eigenvalue weighted by atomic mass is 9.99. The number of nitrogens with zero attached hydrogens (tertiary/aromatic N) is 1. The first-order valence-corrected chi connectivity index (χ1v) is 9.52. The topological polar surface area (TPSA) is 53.6 Å². The van der Waals surface area contributed by atoms with Crippen molar-refractivity contribution < 1.29 is 9.53 Å². The Balaban J connectivity index is 1.65. The van der Waals surface area contributed by atoms with Gasteiger partial charge < -0.3 is 20.3 Å². The van der Waals surface area contributed by atoms with Crippen molar-refractivity contribution in [1.82, 2.24) is 5.32 Å². The van der Waals surface area contributed by atoms with Crippen LogP contribution in [0.15, 0.2) is 24.3 Å². The van der Waals surface area contributed by atoms with Crippen LogP contribution in [0.4, 0.5) is 16.2 Å². The number of benzene rings is 1. The molecule has 2 rings (SSSR count). The molecule has 0 radical (unpaired) electrons. The highest BCUT2D eigenvalue weighted by molar-refractivity contribution is 5.89. The van der Waals surface area contributed by atoms with Crippen molar-refractivity contribution in [1.29, 1.82) is 0 Å². The van der Waals surface area contributed by atoms with Crippen LogP contribution in [0, 0.1) is 11.8 Å². The summed E-state index contributed by atoms with van der Waals surface area (Å²) < 4.78 is 5.50. The predicted octanol–water partition coefficient (Wildman–Crippen LogP) is 4.11. The summed E-state index contributed by atoms with van der Waals surface area (Å²) in [5, 5.41) is 5.74. The number of carbonyl (C=O) groups is 1. The van der Waals surface area contributed by atoms with Gasteiger partial charge in [0.25, 0.3) is 0 Å². The normalized spacial score (nSPS) is 15.4. The Morgan fingerprint density at radius 2 is 1.92 bits per heavy atom. The van der Waals surface area contributed by atoms with E-state index in [9.17, 15) is 4.79 Å². The van der Waals surface area contributed by atoms with Gasteiger partial charge in [-0.25, -0.2) is 4.79 Å². The molecule has 0 atom stereocenters. The van der Waals surface area contributed by atoms with E-state index in [0.717, 1.165) is 37.7 Å². The van der Waals surface area contributed by atoms with Gasteiger partial charge >= 0.3 is 6.03 Å². The summed E-state index contributed by atoms with van der Waals surface area (Å²) in [4.78, 5) is 14.3. The molecule has 1 heterocycles. The van der Waals surface area contributed by atoms with Gasteiger partial charge in [0.15, 0.2) is 0 Å². The summed E-state index contributed by atoms with van der Waals surface area (Å²) >= 11 is 0. The van der Waals surface area contributed by atoms with E-state index < -0.39 is 0 Å². The fourth-order valence-electron chi connectivity index (χ4n) is 2.89. The maximum atomic E-state index is 11.9. The number of hydrogen-bond donors (Lipinski definition) is 2. The Morgan fingerprint density at radius 3 is 2.56 bits per heavy atom. The van der Waals surface area contributed by atoms with Crippen molar-refractivity contribution in [3.63, 3.8) is 0 Å². The van der Waals surface area contributed by atoms with Crippen LogP contribution in [0.1, 0.15) is 40.0 Å². The summed E-state index contributed by atoms with van der Waals surface area (Å²) in [6.07, 6.45) is 3.33. The standard InChI is InChI=1S/C20H33N3O2/c1-16(2)15-25-14-4-11-21-20(24)22-18-5-7-19(8-6-18)23-12-9-17(3)10-13-23/h5-8,16-17H,4,9-15H2,1-3H3,(H2,21,22,24). The molecule has 1 aliphatic heterocycles. The average Bonchev–Trinajstić information content (AvgIpc) is 2.59. The van der Waals surface area contributed by atoms with Crippen molar-refractivity contribution >= 4 is 17.4 Å². The maximum Gasteiger partial charge on any atom is 0.319 e. The molecule has 0 spiro atoms. The van der Waals surface area contributed by atoms with Crippen LogP contribution in [0.5, 0.6) is 0 Å². The molecule has 0 aliphatic carbocycles. The second-order valence-electron chi connectivity index (χ2n) is 7.42. The number of nitrogens with one attached hydrogen (secondary N) is 2. The number of carbonyl (C=O) groups excluding carboxylic acids is 1. The van der Waals surface area contributed by atoms with Crippen LogP contribution in [0.3, 0.4) is 0 Å². The lowest BCUT2D eigenvalue weighted by Gasteiger charge is -2.32. The maximum absolute atomic E-state index is 11.9. The second kappa shape index (κ2) is 10.3. The van der Waals surface area contributed by atoms with E-state index in [-0.39, 0.29) is 6.03 Å². The monoisotopic (exact) mass is 347 g/mol. The summed E-state index contributed by atoms with van der Waals surface area (Å²) in [7, 11) is 0. The average molecular weight is 348 g/mol. The molecule has 5 heteroatoms. The van der Waals surface area contributed by atoms with Crippen LogP contribution >= 0.6 is 0 Å². The molecule has 1 aromatic carbocycles. The van der Waals surface area contributed by atoms with Gasteiger partial charge in [0.05, 0.1) is 0 Å². The zero-order valence-corrected chi connectivity index (χ0v) is 15.9. The molecule has 2 amide bonds. The molecule has 2 N–H and O–H groups in total. The van der Waals surface area contributed by atoms with E-state index in [0.29, 0.717) is 19.1 Å². The van der Waals surface area contributed by atoms with Crippen LogP contribution in [-0.4, -0.2) is 38.9 Å². The minimum atomic E-state index is -0.164. The van der Waals surface area contributed by atoms with Crippen LogP contribution in [0.25, 0.3) is 0 Å². The lowest BCUT2D eigenvalue weighted by Crippen LogP contribution is -2.32. The molecule has 140 valence electrons. The number of hydrogen-bond acceptors (Lipinski definition) is 3. The number of piperidine rings is 1. The number of rotatable bonds is 8. The van der Waals surface area contributed by atoms with Crippen LogP contribution in [-0.2, 0) is 4.74 Å². The summed E-state index contributed by atoms with van der Waals surface area (Å²) in [6, 6.07) is 7.96. The fraction of sp³-hybridized carbons (Fsp3) is 0.650. The Hall–Kier alpha value is -1.75. The first kappa shape index (κ1) is 19.6. The molecule has 5 nitrogen and oxygen atoms in total. The summed E-state index contributed by atoms with van der Waals surface area (Å²) in [6.45, 7) is 10.9. The van der Waals surface area contributed by atoms with Gasteiger partial charge in [0.1, 0.15) is 0 Å². The lowest BCUT2D eigenvalue weighted by molar-refractivity contribution is 0.108. The Kier molecular flexibility index (Phi) is 8.06. The van der Waals surface area contributed by atoms with Crippen molar-refractivity contribution in [3.8, 4) is 0 Å². The number of urea groups is 1. The van der Waals surface area contributed by atoms with Crippen molar-refractivity contribution in [3.05, 3.63) is 24.3 Å². The molecule has 1 aliphatic rings. The van der Waals surface area contributed by atoms with Gasteiger partial charge in [-0.05, 0) is 55.4 Å². The third-order valence-electron chi connectivity index (χ3n) is 4.48. The number of amides is 2. The predicted molar refractivity (Wildman–Crippen MR) is 104 cm³/mol. The van der Waals surface area contributed by atoms with Crippen LogP contribution in [0.2, 0.25) is 0 Å². The van der Waals surface area contributed by atoms with Gasteiger partial charge in [0, 0.05) is 44.2 Å². The van der Waals surface area contributed by atoms with E-state index in [1.807, 2.05) is 12.1 Å². The quantitative estimate of drug-likeness (QED) is 0.696. The van der Waals surface area contributed by atoms with Gasteiger partial charge in [-0.2, -0.15) is 0 Å². The Labute approximate surface area is 152 Å². The highest BCUT2D eigenvalue weighted by Gasteiger charge is 2.15. The molecule has 1 saturated heterocycles. The molecule has 25 heavy (non-hydrogen) atoms. The molecule has 0 aromatic heterocycles. The van der Waals surface area contributed by atoms with E-state index >= 15 is 0 Å². The summed E-state index contributed by atoms with van der Waals surface area (Å²) in [5.74, 6) is 1.38. The van der Waals surface area contributed by atoms with Gasteiger partial charge in [-0.1, -0.05) is 20.8 Å². The molecule has 1 fully saturated rings. The number of ether oxygens (including phenoxy) is 1. The second-order valence-corrected chi connectivity index (χ2v) is 7.42. The third-order valence-corrected chi connectivity index (χ3v) is 4.48. The molecule has 1 aromatic rings. The van der Waals surface area contributed by atoms with E-state index in [1.165, 1.54) is 18.5 Å². The highest BCUT2D eigenvalue weighted by atomic mass is 16.5. The molecule has 0 bridgehead atoms. The SMILES string of the molecule is CC(C)COCCCNC(=O)Nc1ccc(N2CCC(C)CC2)cc1. The Morgan fingerprint density at radius 1 is 1.24 bits per heavy atom. The van der Waals surface area contributed by atoms with Crippen molar-refractivity contribution in [2.45, 2.75) is 40.0 Å². The Bertz CT molecular complexity index is 508. The van der Waals surface area contributed by atoms with Crippen molar-refractivity contribution in [2.24, 2.45) is 11.8 Å². The summed E-state index contributed by atoms with van der Waals surface area (Å²) in [5.41, 5.74) is 2.06. The molecule has 0 unspecified atom stereocenters. The fourth-order valence-corrected chi connectivity index (χ4v) is 2.89. The smallest absolute Gasteiger partial charge is 0.319 e. The molecular formula is C20H33N3O2. The van der Waals surface area contributed by atoms with E-state index in [4.69, 9.17) is 4.74 Å². The third kappa shape index (κ3) is 7.34. The zero-order chi connectivity index (χ0) is 18.1.